The lowest BCUT2D eigenvalue weighted by atomic mass is 9.74. The highest BCUT2D eigenvalue weighted by Crippen LogP contribution is 2.50. The zero-order valence-corrected chi connectivity index (χ0v) is 13.0. The third kappa shape index (κ3) is 2.06. The van der Waals surface area contributed by atoms with Crippen LogP contribution in [0.5, 0.6) is 0 Å². The van der Waals surface area contributed by atoms with Gasteiger partial charge in [-0.15, -0.1) is 0 Å². The van der Waals surface area contributed by atoms with E-state index in [1.165, 1.54) is 0 Å². The molecule has 112 valence electrons. The van der Waals surface area contributed by atoms with Crippen LogP contribution in [0.1, 0.15) is 53.4 Å². The molecule has 2 aliphatic heterocycles. The smallest absolute Gasteiger partial charge is 0.398 e. The van der Waals surface area contributed by atoms with Gasteiger partial charge in [0.15, 0.2) is 0 Å². The van der Waals surface area contributed by atoms with E-state index in [2.05, 4.69) is 5.32 Å². The Morgan fingerprint density at radius 1 is 1.15 bits per heavy atom. The highest BCUT2D eigenvalue weighted by Gasteiger charge is 2.55. The van der Waals surface area contributed by atoms with Gasteiger partial charge in [-0.1, -0.05) is 0 Å². The lowest BCUT2D eigenvalue weighted by Gasteiger charge is -2.32. The Bertz CT molecular complexity index is 420. The summed E-state index contributed by atoms with van der Waals surface area (Å²) < 4.78 is 26.7. The Balaban J connectivity index is 1.89. The van der Waals surface area contributed by atoms with Crippen LogP contribution in [-0.2, 0) is 9.31 Å². The molecule has 1 unspecified atom stereocenters. The molecular formula is C15H25BFNO2. The maximum absolute atomic E-state index is 15.0. The first kappa shape index (κ1) is 14.5. The maximum atomic E-state index is 15.0. The van der Waals surface area contributed by atoms with E-state index in [0.717, 1.165) is 44.3 Å². The van der Waals surface area contributed by atoms with Gasteiger partial charge in [0.2, 0.25) is 0 Å². The molecule has 2 saturated heterocycles. The average Bonchev–Trinajstić information content (AvgIpc) is 3.02. The van der Waals surface area contributed by atoms with Crippen molar-refractivity contribution in [1.29, 1.82) is 0 Å². The van der Waals surface area contributed by atoms with Gasteiger partial charge in [-0.25, -0.2) is 4.39 Å². The molecule has 1 atom stereocenters. The van der Waals surface area contributed by atoms with Gasteiger partial charge in [-0.3, -0.25) is 0 Å². The second-order valence-electron chi connectivity index (χ2n) is 7.48. The van der Waals surface area contributed by atoms with Gasteiger partial charge in [0.25, 0.3) is 0 Å². The third-order valence-electron chi connectivity index (χ3n) is 5.71. The van der Waals surface area contributed by atoms with Crippen molar-refractivity contribution in [2.75, 3.05) is 13.1 Å². The summed E-state index contributed by atoms with van der Waals surface area (Å²) in [6.07, 6.45) is 4.04. The predicted molar refractivity (Wildman–Crippen MR) is 78.0 cm³/mol. The molecule has 1 saturated carbocycles. The topological polar surface area (TPSA) is 30.5 Å². The van der Waals surface area contributed by atoms with Crippen molar-refractivity contribution in [3.8, 4) is 0 Å². The number of halogens is 1. The Labute approximate surface area is 121 Å². The predicted octanol–water partition coefficient (Wildman–Crippen LogP) is 3.01. The minimum Gasteiger partial charge on any atom is -0.398 e. The van der Waals surface area contributed by atoms with Crippen molar-refractivity contribution in [1.82, 2.24) is 5.32 Å². The number of nitrogens with one attached hydrogen (secondary N) is 1. The summed E-state index contributed by atoms with van der Waals surface area (Å²) >= 11 is 0. The second-order valence-corrected chi connectivity index (χ2v) is 7.48. The molecule has 0 bridgehead atoms. The van der Waals surface area contributed by atoms with Crippen LogP contribution in [0.25, 0.3) is 0 Å². The summed E-state index contributed by atoms with van der Waals surface area (Å²) in [6, 6.07) is 0. The van der Waals surface area contributed by atoms with Crippen LogP contribution in [-0.4, -0.2) is 31.4 Å². The van der Waals surface area contributed by atoms with Crippen molar-refractivity contribution in [2.24, 2.45) is 5.41 Å². The van der Waals surface area contributed by atoms with Gasteiger partial charge in [-0.05, 0) is 65.5 Å². The van der Waals surface area contributed by atoms with Crippen molar-refractivity contribution in [3.63, 3.8) is 0 Å². The molecule has 0 radical (unpaired) electrons. The van der Waals surface area contributed by atoms with E-state index in [1.54, 1.807) is 0 Å². The van der Waals surface area contributed by atoms with Gasteiger partial charge in [-0.2, -0.15) is 0 Å². The van der Waals surface area contributed by atoms with Gasteiger partial charge in [0.1, 0.15) is 5.73 Å². The summed E-state index contributed by atoms with van der Waals surface area (Å²) in [5.74, 6) is 0. The van der Waals surface area contributed by atoms with Crippen LogP contribution in [0.15, 0.2) is 11.3 Å². The Morgan fingerprint density at radius 3 is 2.35 bits per heavy atom. The summed E-state index contributed by atoms with van der Waals surface area (Å²) in [6.45, 7) is 9.74. The Morgan fingerprint density at radius 2 is 1.80 bits per heavy atom. The van der Waals surface area contributed by atoms with Crippen LogP contribution < -0.4 is 5.32 Å². The van der Waals surface area contributed by atoms with E-state index >= 15 is 0 Å². The minimum atomic E-state index is -0.828. The fraction of sp³-hybridized carbons (Fsp3) is 0.867. The molecule has 3 aliphatic rings. The zero-order chi connectivity index (χ0) is 14.6. The molecule has 0 aromatic carbocycles. The van der Waals surface area contributed by atoms with E-state index in [9.17, 15) is 4.39 Å². The standard InChI is InChI=1S/C15H25BFNO2/c1-13(2)14(3,4)20-16(19-13)12(17)11-6-5-7-15(11)8-9-18-10-15/h18H,5-10H2,1-4H3. The van der Waals surface area contributed by atoms with E-state index in [4.69, 9.17) is 9.31 Å². The molecule has 2 heterocycles. The lowest BCUT2D eigenvalue weighted by molar-refractivity contribution is 0.00578. The molecule has 5 heteroatoms. The molecule has 3 fully saturated rings. The summed E-state index contributed by atoms with van der Waals surface area (Å²) in [5, 5.41) is 3.38. The molecule has 0 amide bonds. The fourth-order valence-corrected chi connectivity index (χ4v) is 3.70. The highest BCUT2D eigenvalue weighted by atomic mass is 19.1. The Hall–Kier alpha value is -0.385. The van der Waals surface area contributed by atoms with E-state index < -0.39 is 18.3 Å². The van der Waals surface area contributed by atoms with Gasteiger partial charge in [0, 0.05) is 12.0 Å². The van der Waals surface area contributed by atoms with Crippen LogP contribution in [0.2, 0.25) is 0 Å². The van der Waals surface area contributed by atoms with Gasteiger partial charge >= 0.3 is 7.12 Å². The average molecular weight is 281 g/mol. The van der Waals surface area contributed by atoms with Crippen LogP contribution in [0, 0.1) is 5.41 Å². The van der Waals surface area contributed by atoms with Crippen molar-refractivity contribution in [3.05, 3.63) is 11.3 Å². The molecule has 3 rings (SSSR count). The summed E-state index contributed by atoms with van der Waals surface area (Å²) in [4.78, 5) is 0. The first-order valence-electron chi connectivity index (χ1n) is 7.73. The zero-order valence-electron chi connectivity index (χ0n) is 13.0. The van der Waals surface area contributed by atoms with Gasteiger partial charge in [0.05, 0.1) is 11.2 Å². The largest absolute Gasteiger partial charge is 0.525 e. The van der Waals surface area contributed by atoms with E-state index in [0.29, 0.717) is 0 Å². The van der Waals surface area contributed by atoms with Crippen molar-refractivity contribution >= 4 is 7.12 Å². The fourth-order valence-electron chi connectivity index (χ4n) is 3.70. The summed E-state index contributed by atoms with van der Waals surface area (Å²) in [7, 11) is -0.828. The number of hydrogen-bond acceptors (Lipinski definition) is 3. The maximum Gasteiger partial charge on any atom is 0.525 e. The molecular weight excluding hydrogens is 256 g/mol. The normalized spacial score (nSPS) is 38.0. The molecule has 1 spiro atoms. The van der Waals surface area contributed by atoms with Crippen LogP contribution in [0.4, 0.5) is 4.39 Å². The third-order valence-corrected chi connectivity index (χ3v) is 5.71. The second kappa shape index (κ2) is 4.55. The molecule has 0 aromatic heterocycles. The van der Waals surface area contributed by atoms with E-state index in [1.807, 2.05) is 27.7 Å². The molecule has 3 nitrogen and oxygen atoms in total. The number of rotatable bonds is 1. The van der Waals surface area contributed by atoms with Crippen LogP contribution >= 0.6 is 0 Å². The monoisotopic (exact) mass is 281 g/mol. The first-order valence-corrected chi connectivity index (χ1v) is 7.73. The highest BCUT2D eigenvalue weighted by molar-refractivity contribution is 6.53. The van der Waals surface area contributed by atoms with E-state index in [-0.39, 0.29) is 11.1 Å². The van der Waals surface area contributed by atoms with Crippen LogP contribution in [0.3, 0.4) is 0 Å². The molecule has 0 aromatic rings. The first-order chi connectivity index (χ1) is 9.28. The minimum absolute atomic E-state index is 0.0215. The lowest BCUT2D eigenvalue weighted by Crippen LogP contribution is -2.41. The quantitative estimate of drug-likeness (QED) is 0.749. The van der Waals surface area contributed by atoms with Crippen molar-refractivity contribution < 1.29 is 13.7 Å². The molecule has 1 N–H and O–H groups in total. The number of hydrogen-bond donors (Lipinski definition) is 1. The SMILES string of the molecule is CC1(C)OB(C(F)=C2CCCC23CCNC3)OC1(C)C. The van der Waals surface area contributed by atoms with Gasteiger partial charge < -0.3 is 14.6 Å². The van der Waals surface area contributed by atoms with Crippen molar-refractivity contribution in [2.45, 2.75) is 64.6 Å². The Kier molecular flexibility index (Phi) is 3.31. The summed E-state index contributed by atoms with van der Waals surface area (Å²) in [5.41, 5.74) is -0.149. The molecule has 1 aliphatic carbocycles. The molecule has 20 heavy (non-hydrogen) atoms.